The Balaban J connectivity index is 2.73. The minimum absolute atomic E-state index is 0.141. The molecule has 0 atom stereocenters. The van der Waals surface area contributed by atoms with Crippen molar-refractivity contribution in [2.75, 3.05) is 0 Å². The highest BCUT2D eigenvalue weighted by atomic mass is 32.2. The summed E-state index contributed by atoms with van der Waals surface area (Å²) < 4.78 is 0. The second-order valence-corrected chi connectivity index (χ2v) is 4.34. The van der Waals surface area contributed by atoms with E-state index in [4.69, 9.17) is 0 Å². The first kappa shape index (κ1) is 14.0. The van der Waals surface area contributed by atoms with Gasteiger partial charge in [0.25, 0.3) is 0 Å². The van der Waals surface area contributed by atoms with Gasteiger partial charge < -0.3 is 5.32 Å². The molecule has 0 aliphatic rings. The number of hydrogen-bond donors (Lipinski definition) is 1. The Kier molecular flexibility index (Phi) is 5.72. The smallest absolute Gasteiger partial charge is 0.222 e. The van der Waals surface area contributed by atoms with E-state index in [1.807, 2.05) is 6.07 Å². The number of thioether (sulfide) groups is 1. The van der Waals surface area contributed by atoms with Gasteiger partial charge in [-0.1, -0.05) is 6.07 Å². The van der Waals surface area contributed by atoms with E-state index >= 15 is 0 Å². The molecule has 18 heavy (non-hydrogen) atoms. The number of amides is 1. The Morgan fingerprint density at radius 1 is 1.39 bits per heavy atom. The van der Waals surface area contributed by atoms with E-state index in [1.54, 1.807) is 18.3 Å². The lowest BCUT2D eigenvalue weighted by atomic mass is 10.4. The third kappa shape index (κ3) is 5.90. The molecule has 1 N–H and O–H groups in total. The third-order valence-corrected chi connectivity index (χ3v) is 2.21. The van der Waals surface area contributed by atoms with E-state index < -0.39 is 0 Å². The first-order valence-electron chi connectivity index (χ1n) is 5.06. The van der Waals surface area contributed by atoms with Crippen LogP contribution in [0.3, 0.4) is 0 Å². The van der Waals surface area contributed by atoms with Crippen molar-refractivity contribution in [1.82, 2.24) is 10.3 Å². The lowest BCUT2D eigenvalue weighted by Crippen LogP contribution is -2.26. The fourth-order valence-corrected chi connectivity index (χ4v) is 1.51. The number of rotatable bonds is 2. The number of nitrogens with one attached hydrogen (secondary N) is 1. The molecule has 0 aliphatic heterocycles. The molecular formula is C11H12N4O2S. The van der Waals surface area contributed by atoms with Crippen LogP contribution in [-0.2, 0) is 9.59 Å². The Hall–Kier alpha value is -2.02. The molecular weight excluding hydrogens is 252 g/mol. The fraction of sp³-hybridized carbons (Fsp3) is 0.182. The van der Waals surface area contributed by atoms with Crippen molar-refractivity contribution in [3.63, 3.8) is 0 Å². The number of pyridine rings is 1. The number of nitrogens with zero attached hydrogens (tertiary/aromatic N) is 3. The van der Waals surface area contributed by atoms with Gasteiger partial charge in [-0.2, -0.15) is 5.10 Å². The van der Waals surface area contributed by atoms with Crippen LogP contribution in [0.25, 0.3) is 0 Å². The summed E-state index contributed by atoms with van der Waals surface area (Å²) in [6.45, 7) is 2.71. The van der Waals surface area contributed by atoms with Crippen LogP contribution in [0, 0.1) is 0 Å². The van der Waals surface area contributed by atoms with Gasteiger partial charge in [0.2, 0.25) is 5.91 Å². The summed E-state index contributed by atoms with van der Waals surface area (Å²) >= 11 is 0.808. The van der Waals surface area contributed by atoms with Gasteiger partial charge in [0, 0.05) is 20.0 Å². The maximum atomic E-state index is 10.9. The van der Waals surface area contributed by atoms with Crippen molar-refractivity contribution in [2.24, 2.45) is 10.2 Å². The molecule has 1 rings (SSSR count). The number of carbonyl (C=O) groups excluding carboxylic acids is 2. The predicted molar refractivity (Wildman–Crippen MR) is 71.4 cm³/mol. The quantitative estimate of drug-likeness (QED) is 0.494. The van der Waals surface area contributed by atoms with Crippen molar-refractivity contribution >= 4 is 34.2 Å². The van der Waals surface area contributed by atoms with Gasteiger partial charge in [-0.25, -0.2) is 0 Å². The van der Waals surface area contributed by atoms with Crippen LogP contribution < -0.4 is 5.32 Å². The summed E-state index contributed by atoms with van der Waals surface area (Å²) in [6, 6.07) is 5.36. The first-order chi connectivity index (χ1) is 8.58. The monoisotopic (exact) mass is 264 g/mol. The van der Waals surface area contributed by atoms with Gasteiger partial charge in [-0.05, 0) is 23.9 Å². The molecule has 6 nitrogen and oxygen atoms in total. The standard InChI is InChI=1S/C11H12N4O2S/c1-8(16)14-11(18-9(2)17)15-13-7-10-5-3-4-6-12-10/h3-7H,1-2H3,(H,14,15,16). The average molecular weight is 264 g/mol. The number of carbonyl (C=O) groups is 2. The first-order valence-corrected chi connectivity index (χ1v) is 5.87. The van der Waals surface area contributed by atoms with Gasteiger partial charge >= 0.3 is 0 Å². The summed E-state index contributed by atoms with van der Waals surface area (Å²) in [5.74, 6) is -0.310. The average Bonchev–Trinajstić information content (AvgIpc) is 2.28. The summed E-state index contributed by atoms with van der Waals surface area (Å²) in [5, 5.41) is 9.89. The van der Waals surface area contributed by atoms with E-state index in [-0.39, 0.29) is 16.2 Å². The maximum Gasteiger partial charge on any atom is 0.222 e. The second kappa shape index (κ2) is 7.33. The maximum absolute atomic E-state index is 10.9. The van der Waals surface area contributed by atoms with Crippen molar-refractivity contribution < 1.29 is 9.59 Å². The third-order valence-electron chi connectivity index (χ3n) is 1.55. The van der Waals surface area contributed by atoms with Crippen LogP contribution in [0.1, 0.15) is 19.5 Å². The molecule has 1 amide bonds. The molecule has 0 radical (unpaired) electrons. The Bertz CT molecular complexity index is 467. The zero-order valence-electron chi connectivity index (χ0n) is 9.95. The molecule has 7 heteroatoms. The molecule has 0 aliphatic carbocycles. The SMILES string of the molecule is CC(=O)NC(=NN=Cc1ccccn1)SC(C)=O. The van der Waals surface area contributed by atoms with Gasteiger partial charge in [0.1, 0.15) is 0 Å². The highest BCUT2D eigenvalue weighted by molar-refractivity contribution is 8.26. The predicted octanol–water partition coefficient (Wildman–Crippen LogP) is 1.19. The Labute approximate surface area is 109 Å². The van der Waals surface area contributed by atoms with Gasteiger partial charge in [0.05, 0.1) is 11.9 Å². The highest BCUT2D eigenvalue weighted by Gasteiger charge is 2.05. The molecule has 0 aromatic carbocycles. The molecule has 0 unspecified atom stereocenters. The molecule has 0 spiro atoms. The second-order valence-electron chi connectivity index (χ2n) is 3.18. The molecule has 0 saturated heterocycles. The van der Waals surface area contributed by atoms with E-state index in [0.29, 0.717) is 5.69 Å². The zero-order chi connectivity index (χ0) is 13.4. The highest BCUT2D eigenvalue weighted by Crippen LogP contribution is 2.03. The number of hydrogen-bond acceptors (Lipinski definition) is 6. The molecule has 0 saturated carbocycles. The van der Waals surface area contributed by atoms with Crippen LogP contribution in [-0.4, -0.2) is 27.4 Å². The largest absolute Gasteiger partial charge is 0.304 e. The molecule has 0 fully saturated rings. The van der Waals surface area contributed by atoms with E-state index in [0.717, 1.165) is 11.8 Å². The Morgan fingerprint density at radius 3 is 2.72 bits per heavy atom. The van der Waals surface area contributed by atoms with E-state index in [1.165, 1.54) is 20.1 Å². The van der Waals surface area contributed by atoms with Crippen LogP contribution in [0.15, 0.2) is 34.6 Å². The van der Waals surface area contributed by atoms with Crippen molar-refractivity contribution in [3.8, 4) is 0 Å². The lowest BCUT2D eigenvalue weighted by Gasteiger charge is -2.00. The topological polar surface area (TPSA) is 83.8 Å². The molecule has 0 bridgehead atoms. The van der Waals surface area contributed by atoms with Crippen molar-refractivity contribution in [2.45, 2.75) is 13.8 Å². The summed E-state index contributed by atoms with van der Waals surface area (Å²) in [5.41, 5.74) is 0.635. The van der Waals surface area contributed by atoms with Crippen LogP contribution >= 0.6 is 11.8 Å². The van der Waals surface area contributed by atoms with Crippen molar-refractivity contribution in [3.05, 3.63) is 30.1 Å². The molecule has 1 aromatic rings. The number of amidine groups is 1. The van der Waals surface area contributed by atoms with Crippen LogP contribution in [0.5, 0.6) is 0 Å². The summed E-state index contributed by atoms with van der Waals surface area (Å²) in [6.07, 6.45) is 3.06. The van der Waals surface area contributed by atoms with Gasteiger partial charge in [-0.15, -0.1) is 5.10 Å². The van der Waals surface area contributed by atoms with Crippen LogP contribution in [0.4, 0.5) is 0 Å². The Morgan fingerprint density at radius 2 is 2.17 bits per heavy atom. The van der Waals surface area contributed by atoms with E-state index in [2.05, 4.69) is 20.5 Å². The van der Waals surface area contributed by atoms with Crippen molar-refractivity contribution in [1.29, 1.82) is 0 Å². The zero-order valence-corrected chi connectivity index (χ0v) is 10.8. The summed E-state index contributed by atoms with van der Waals surface area (Å²) in [4.78, 5) is 25.8. The molecule has 94 valence electrons. The van der Waals surface area contributed by atoms with Gasteiger partial charge in [-0.3, -0.25) is 14.6 Å². The molecule has 1 heterocycles. The number of aromatic nitrogens is 1. The van der Waals surface area contributed by atoms with Crippen LogP contribution in [0.2, 0.25) is 0 Å². The van der Waals surface area contributed by atoms with E-state index in [9.17, 15) is 9.59 Å². The van der Waals surface area contributed by atoms with Gasteiger partial charge in [0.15, 0.2) is 10.3 Å². The normalized spacial score (nSPS) is 11.6. The molecule has 1 aromatic heterocycles. The summed E-state index contributed by atoms with van der Waals surface area (Å²) in [7, 11) is 0. The minimum Gasteiger partial charge on any atom is -0.304 e. The minimum atomic E-state index is -0.310. The fourth-order valence-electron chi connectivity index (χ4n) is 0.950. The lowest BCUT2D eigenvalue weighted by molar-refractivity contribution is -0.117.